The molecule has 1 aromatic rings. The van der Waals surface area contributed by atoms with E-state index in [1.54, 1.807) is 32.9 Å². The number of nitrogens with two attached hydrogens (primary N) is 1. The first kappa shape index (κ1) is 29.4. The van der Waals surface area contributed by atoms with Crippen LogP contribution in [-0.2, 0) is 41.7 Å². The summed E-state index contributed by atoms with van der Waals surface area (Å²) in [6.45, 7) is 9.51. The number of ether oxygens (including phenoxy) is 3. The molecule has 0 aromatic heterocycles. The lowest BCUT2D eigenvalue weighted by Crippen LogP contribution is -2.57. The fourth-order valence-electron chi connectivity index (χ4n) is 4.42. The second-order valence-corrected chi connectivity index (χ2v) is 10.4. The predicted octanol–water partition coefficient (Wildman–Crippen LogP) is 1.74. The van der Waals surface area contributed by atoms with E-state index in [1.807, 2.05) is 0 Å². The van der Waals surface area contributed by atoms with Crippen LogP contribution in [0.25, 0.3) is 0 Å². The maximum Gasteiger partial charge on any atom is 0.410 e. The van der Waals surface area contributed by atoms with Gasteiger partial charge in [0.05, 0.1) is 13.1 Å². The minimum Gasteiger partial charge on any atom is -0.457 e. The number of hydrogen-bond acceptors (Lipinski definition) is 8. The third-order valence-corrected chi connectivity index (χ3v) is 6.20. The van der Waals surface area contributed by atoms with Crippen LogP contribution in [0.5, 0.6) is 0 Å². The Morgan fingerprint density at radius 3 is 2.49 bits per heavy atom. The number of carbonyl (C=O) groups is 5. The largest absolute Gasteiger partial charge is 0.457 e. The van der Waals surface area contributed by atoms with Crippen molar-refractivity contribution in [1.29, 1.82) is 0 Å². The van der Waals surface area contributed by atoms with E-state index in [1.165, 1.54) is 17.9 Å². The summed E-state index contributed by atoms with van der Waals surface area (Å²) in [5.41, 5.74) is 5.70. The van der Waals surface area contributed by atoms with Gasteiger partial charge in [-0.25, -0.2) is 18.8 Å². The smallest absolute Gasteiger partial charge is 0.410 e. The van der Waals surface area contributed by atoms with Gasteiger partial charge < -0.3 is 30.2 Å². The number of nitrogens with one attached hydrogen (secondary N) is 1. The van der Waals surface area contributed by atoms with Crippen LogP contribution < -0.4 is 11.1 Å². The van der Waals surface area contributed by atoms with Crippen molar-refractivity contribution in [3.63, 3.8) is 0 Å². The number of esters is 1. The Balaban J connectivity index is 1.74. The summed E-state index contributed by atoms with van der Waals surface area (Å²) in [5.74, 6) is -2.93. The number of hydrogen-bond donors (Lipinski definition) is 2. The van der Waals surface area contributed by atoms with Crippen molar-refractivity contribution in [2.75, 3.05) is 6.54 Å². The average molecular weight is 549 g/mol. The van der Waals surface area contributed by atoms with E-state index < -0.39 is 65.7 Å². The van der Waals surface area contributed by atoms with Gasteiger partial charge in [0.1, 0.15) is 35.7 Å². The van der Waals surface area contributed by atoms with Gasteiger partial charge >= 0.3 is 18.2 Å². The lowest BCUT2D eigenvalue weighted by atomic mass is 10.1. The van der Waals surface area contributed by atoms with Crippen molar-refractivity contribution in [3.05, 3.63) is 47.8 Å². The predicted molar refractivity (Wildman–Crippen MR) is 134 cm³/mol. The van der Waals surface area contributed by atoms with Crippen LogP contribution in [0.2, 0.25) is 0 Å². The van der Waals surface area contributed by atoms with E-state index in [2.05, 4.69) is 11.9 Å². The summed E-state index contributed by atoms with van der Waals surface area (Å²) in [5, 5.41) is 2.39. The fourth-order valence-corrected chi connectivity index (χ4v) is 4.42. The molecular formula is C26H33FN4O8. The fraction of sp³-hybridized carbons (Fsp3) is 0.500. The second kappa shape index (κ2) is 11.7. The van der Waals surface area contributed by atoms with E-state index in [4.69, 9.17) is 19.9 Å². The minimum absolute atomic E-state index is 0.0174. The number of amides is 4. The Bertz CT molecular complexity index is 1170. The highest BCUT2D eigenvalue weighted by molar-refractivity contribution is 5.92. The highest BCUT2D eigenvalue weighted by Crippen LogP contribution is 2.28. The molecule has 13 heteroatoms. The van der Waals surface area contributed by atoms with E-state index in [9.17, 15) is 28.4 Å². The molecule has 2 heterocycles. The number of likely N-dealkylation sites (tertiary alicyclic amines) is 1. The summed E-state index contributed by atoms with van der Waals surface area (Å²) in [7, 11) is 0. The van der Waals surface area contributed by atoms with Crippen LogP contribution >= 0.6 is 0 Å². The molecule has 1 aromatic carbocycles. The normalized spacial score (nSPS) is 19.9. The quantitative estimate of drug-likeness (QED) is 0.296. The third kappa shape index (κ3) is 7.24. The van der Waals surface area contributed by atoms with Crippen molar-refractivity contribution in [2.45, 2.75) is 77.1 Å². The summed E-state index contributed by atoms with van der Waals surface area (Å²) in [6.07, 6.45) is -3.01. The highest BCUT2D eigenvalue weighted by atomic mass is 19.1. The molecule has 4 atom stereocenters. The molecule has 212 valence electrons. The highest BCUT2D eigenvalue weighted by Gasteiger charge is 2.45. The molecule has 4 amide bonds. The Kier molecular flexibility index (Phi) is 8.82. The standard InChI is InChI=1S/C26H33FN4O8/c1-6-20(32)37-14(2)21(29-24(35)39-26(3,4)5)23(34)31-12-16(10-19(31)22(28)33)38-25(36)30-11-15-8-7-9-18(27)17(15)13-30/h6-9,14,16,19,21H,1,10-13H2,2-5H3,(H2,28,33)(H,29,35)/t14-,16-,19?,21?/m1/s1. The number of fused-ring (bicyclic) bond motifs is 1. The Morgan fingerprint density at radius 1 is 1.21 bits per heavy atom. The maximum absolute atomic E-state index is 14.1. The van der Waals surface area contributed by atoms with Gasteiger partial charge in [-0.05, 0) is 39.3 Å². The SMILES string of the molecule is C=CC(=O)O[C@H](C)C(NC(=O)OC(C)(C)C)C(=O)N1C[C@H](OC(=O)N2Cc3cccc(F)c3C2)CC1C(N)=O. The molecule has 2 aliphatic rings. The number of nitrogens with zero attached hydrogens (tertiary/aromatic N) is 2. The lowest BCUT2D eigenvalue weighted by Gasteiger charge is -2.31. The van der Waals surface area contributed by atoms with Crippen molar-refractivity contribution in [1.82, 2.24) is 15.1 Å². The zero-order chi connectivity index (χ0) is 29.1. The van der Waals surface area contributed by atoms with Gasteiger partial charge in [0.25, 0.3) is 0 Å². The number of alkyl carbamates (subject to hydrolysis) is 1. The Morgan fingerprint density at radius 2 is 1.90 bits per heavy atom. The van der Waals surface area contributed by atoms with Crippen LogP contribution in [0.4, 0.5) is 14.0 Å². The van der Waals surface area contributed by atoms with E-state index in [-0.39, 0.29) is 26.1 Å². The van der Waals surface area contributed by atoms with Crippen LogP contribution in [-0.4, -0.2) is 76.2 Å². The zero-order valence-electron chi connectivity index (χ0n) is 22.3. The molecule has 0 aliphatic carbocycles. The van der Waals surface area contributed by atoms with Gasteiger partial charge in [0.15, 0.2) is 0 Å². The van der Waals surface area contributed by atoms with Crippen molar-refractivity contribution >= 4 is 30.0 Å². The van der Waals surface area contributed by atoms with Gasteiger partial charge in [0.2, 0.25) is 11.8 Å². The van der Waals surface area contributed by atoms with E-state index in [0.717, 1.165) is 11.0 Å². The summed E-state index contributed by atoms with van der Waals surface area (Å²) in [4.78, 5) is 65.3. The van der Waals surface area contributed by atoms with Crippen LogP contribution in [0.15, 0.2) is 30.9 Å². The lowest BCUT2D eigenvalue weighted by molar-refractivity contribution is -0.149. The van der Waals surface area contributed by atoms with Crippen molar-refractivity contribution in [3.8, 4) is 0 Å². The van der Waals surface area contributed by atoms with E-state index in [0.29, 0.717) is 11.1 Å². The van der Waals surface area contributed by atoms with Gasteiger partial charge in [-0.3, -0.25) is 14.5 Å². The molecule has 0 radical (unpaired) electrons. The van der Waals surface area contributed by atoms with Crippen LogP contribution in [0.3, 0.4) is 0 Å². The third-order valence-electron chi connectivity index (χ3n) is 6.20. The number of carbonyl (C=O) groups excluding carboxylic acids is 5. The number of rotatable bonds is 7. The monoisotopic (exact) mass is 548 g/mol. The first-order valence-corrected chi connectivity index (χ1v) is 12.3. The van der Waals surface area contributed by atoms with Gasteiger partial charge in [-0.1, -0.05) is 18.7 Å². The second-order valence-electron chi connectivity index (χ2n) is 10.4. The molecule has 0 saturated carbocycles. The van der Waals surface area contributed by atoms with Crippen LogP contribution in [0.1, 0.15) is 45.2 Å². The number of primary amides is 1. The summed E-state index contributed by atoms with van der Waals surface area (Å²) in [6, 6.07) is 1.93. The Labute approximate surface area is 225 Å². The van der Waals surface area contributed by atoms with Gasteiger partial charge in [0, 0.05) is 24.6 Å². The molecule has 0 bridgehead atoms. The zero-order valence-corrected chi connectivity index (χ0v) is 22.3. The average Bonchev–Trinajstić information content (AvgIpc) is 3.46. The van der Waals surface area contributed by atoms with Crippen molar-refractivity contribution < 1.29 is 42.6 Å². The molecular weight excluding hydrogens is 515 g/mol. The molecule has 3 N–H and O–H groups in total. The molecule has 12 nitrogen and oxygen atoms in total. The Hall–Kier alpha value is -4.16. The number of halogens is 1. The topological polar surface area (TPSA) is 158 Å². The van der Waals surface area contributed by atoms with Crippen LogP contribution in [0, 0.1) is 5.82 Å². The summed E-state index contributed by atoms with van der Waals surface area (Å²) < 4.78 is 30.0. The summed E-state index contributed by atoms with van der Waals surface area (Å²) >= 11 is 0. The maximum atomic E-state index is 14.1. The van der Waals surface area contributed by atoms with Gasteiger partial charge in [-0.15, -0.1) is 0 Å². The molecule has 2 aliphatic heterocycles. The molecule has 0 spiro atoms. The first-order chi connectivity index (χ1) is 18.2. The first-order valence-electron chi connectivity index (χ1n) is 12.3. The molecule has 39 heavy (non-hydrogen) atoms. The molecule has 1 fully saturated rings. The molecule has 2 unspecified atom stereocenters. The molecule has 3 rings (SSSR count). The van der Waals surface area contributed by atoms with Crippen molar-refractivity contribution in [2.24, 2.45) is 5.73 Å². The van der Waals surface area contributed by atoms with Gasteiger partial charge in [-0.2, -0.15) is 0 Å². The molecule has 1 saturated heterocycles. The van der Waals surface area contributed by atoms with E-state index >= 15 is 0 Å². The minimum atomic E-state index is -1.46. The number of benzene rings is 1.